The highest BCUT2D eigenvalue weighted by Gasteiger charge is 2.30. The van der Waals surface area contributed by atoms with Crippen LogP contribution in [0.3, 0.4) is 0 Å². The maximum atomic E-state index is 11.7. The first kappa shape index (κ1) is 8.94. The highest BCUT2D eigenvalue weighted by molar-refractivity contribution is 6.14. The van der Waals surface area contributed by atoms with Crippen LogP contribution in [0, 0.1) is 5.92 Å². The van der Waals surface area contributed by atoms with Crippen molar-refractivity contribution >= 4 is 17.3 Å². The van der Waals surface area contributed by atoms with Gasteiger partial charge in [0.15, 0.2) is 0 Å². The molecule has 2 rings (SSSR count). The average molecular weight is 188 g/mol. The second-order valence-corrected chi connectivity index (χ2v) is 3.45. The van der Waals surface area contributed by atoms with Crippen LogP contribution in [0.5, 0.6) is 0 Å². The van der Waals surface area contributed by atoms with E-state index in [-0.39, 0.29) is 11.8 Å². The summed E-state index contributed by atoms with van der Waals surface area (Å²) in [4.78, 5) is 11.7. The van der Waals surface area contributed by atoms with E-state index in [0.717, 1.165) is 11.4 Å². The molecule has 1 atom stereocenters. The van der Waals surface area contributed by atoms with E-state index in [0.29, 0.717) is 0 Å². The number of rotatable bonds is 1. The van der Waals surface area contributed by atoms with Gasteiger partial charge in [-0.3, -0.25) is 4.79 Å². The molecule has 0 aromatic heterocycles. The zero-order valence-electron chi connectivity index (χ0n) is 8.27. The van der Waals surface area contributed by atoms with Crippen LogP contribution in [0.25, 0.3) is 0 Å². The van der Waals surface area contributed by atoms with Gasteiger partial charge in [0, 0.05) is 5.71 Å². The summed E-state index contributed by atoms with van der Waals surface area (Å²) in [6.07, 6.45) is 0. The lowest BCUT2D eigenvalue weighted by atomic mass is 10.1. The van der Waals surface area contributed by atoms with Crippen molar-refractivity contribution in [1.29, 1.82) is 0 Å². The van der Waals surface area contributed by atoms with Gasteiger partial charge in [-0.2, -0.15) is 5.10 Å². The van der Waals surface area contributed by atoms with Gasteiger partial charge < -0.3 is 0 Å². The van der Waals surface area contributed by atoms with Crippen molar-refractivity contribution in [3.05, 3.63) is 30.3 Å². The number of anilines is 1. The first-order chi connectivity index (χ1) is 6.70. The molecule has 1 aliphatic heterocycles. The number of carbonyl (C=O) groups is 1. The molecule has 0 radical (unpaired) electrons. The molecule has 0 aliphatic carbocycles. The fourth-order valence-corrected chi connectivity index (χ4v) is 1.41. The Bertz CT molecular complexity index is 384. The molecule has 0 N–H and O–H groups in total. The van der Waals surface area contributed by atoms with Crippen molar-refractivity contribution in [3.8, 4) is 0 Å². The van der Waals surface area contributed by atoms with Crippen molar-refractivity contribution < 1.29 is 4.79 Å². The van der Waals surface area contributed by atoms with E-state index in [1.807, 2.05) is 44.2 Å². The standard InChI is InChI=1S/C11H12N2O/c1-8-9(2)12-13(11(8)14)10-6-4-3-5-7-10/h3-8H,1-2H3. The first-order valence-electron chi connectivity index (χ1n) is 4.64. The van der Waals surface area contributed by atoms with Gasteiger partial charge in [-0.05, 0) is 26.0 Å². The third-order valence-electron chi connectivity index (χ3n) is 2.46. The van der Waals surface area contributed by atoms with Gasteiger partial charge in [0.1, 0.15) is 0 Å². The summed E-state index contributed by atoms with van der Waals surface area (Å²) in [7, 11) is 0. The second-order valence-electron chi connectivity index (χ2n) is 3.45. The van der Waals surface area contributed by atoms with Crippen LogP contribution < -0.4 is 5.01 Å². The Balaban J connectivity index is 2.35. The van der Waals surface area contributed by atoms with Crippen molar-refractivity contribution in [2.24, 2.45) is 11.0 Å². The Morgan fingerprint density at radius 3 is 2.43 bits per heavy atom. The molecular formula is C11H12N2O. The number of benzene rings is 1. The van der Waals surface area contributed by atoms with Crippen molar-refractivity contribution in [2.45, 2.75) is 13.8 Å². The molecule has 1 amide bonds. The van der Waals surface area contributed by atoms with Gasteiger partial charge >= 0.3 is 0 Å². The number of para-hydroxylation sites is 1. The molecule has 0 spiro atoms. The summed E-state index contributed by atoms with van der Waals surface area (Å²) in [5.41, 5.74) is 1.71. The zero-order valence-corrected chi connectivity index (χ0v) is 8.27. The first-order valence-corrected chi connectivity index (χ1v) is 4.64. The van der Waals surface area contributed by atoms with E-state index in [4.69, 9.17) is 0 Å². The fourth-order valence-electron chi connectivity index (χ4n) is 1.41. The van der Waals surface area contributed by atoms with Crippen LogP contribution in [0.4, 0.5) is 5.69 Å². The number of hydrogen-bond donors (Lipinski definition) is 0. The third kappa shape index (κ3) is 1.31. The zero-order chi connectivity index (χ0) is 10.1. The predicted octanol–water partition coefficient (Wildman–Crippen LogP) is 2.05. The van der Waals surface area contributed by atoms with Crippen LogP contribution in [-0.2, 0) is 4.79 Å². The topological polar surface area (TPSA) is 32.7 Å². The Morgan fingerprint density at radius 2 is 1.93 bits per heavy atom. The summed E-state index contributed by atoms with van der Waals surface area (Å²) < 4.78 is 0. The lowest BCUT2D eigenvalue weighted by Gasteiger charge is -2.11. The summed E-state index contributed by atoms with van der Waals surface area (Å²) in [6, 6.07) is 9.48. The second kappa shape index (κ2) is 3.25. The molecule has 1 unspecified atom stereocenters. The van der Waals surface area contributed by atoms with Gasteiger partial charge in [0.25, 0.3) is 5.91 Å². The van der Waals surface area contributed by atoms with E-state index < -0.39 is 0 Å². The lowest BCUT2D eigenvalue weighted by Crippen LogP contribution is -2.24. The monoisotopic (exact) mass is 188 g/mol. The molecule has 0 bridgehead atoms. The maximum absolute atomic E-state index is 11.7. The van der Waals surface area contributed by atoms with Crippen LogP contribution >= 0.6 is 0 Å². The minimum absolute atomic E-state index is 0.0497. The molecule has 14 heavy (non-hydrogen) atoms. The maximum Gasteiger partial charge on any atom is 0.255 e. The number of amides is 1. The Labute approximate surface area is 83.0 Å². The van der Waals surface area contributed by atoms with E-state index >= 15 is 0 Å². The van der Waals surface area contributed by atoms with Crippen molar-refractivity contribution in [1.82, 2.24) is 0 Å². The van der Waals surface area contributed by atoms with Gasteiger partial charge in [0.2, 0.25) is 0 Å². The smallest absolute Gasteiger partial charge is 0.255 e. The molecule has 0 saturated carbocycles. The third-order valence-corrected chi connectivity index (χ3v) is 2.46. The number of hydrogen-bond acceptors (Lipinski definition) is 2. The highest BCUT2D eigenvalue weighted by atomic mass is 16.2. The van der Waals surface area contributed by atoms with Gasteiger partial charge in [-0.25, -0.2) is 5.01 Å². The number of hydrazone groups is 1. The molecule has 0 fully saturated rings. The lowest BCUT2D eigenvalue weighted by molar-refractivity contribution is -0.119. The van der Waals surface area contributed by atoms with Crippen molar-refractivity contribution in [2.75, 3.05) is 5.01 Å². The molecule has 1 aromatic carbocycles. The van der Waals surface area contributed by atoms with Gasteiger partial charge in [0.05, 0.1) is 11.6 Å². The number of carbonyl (C=O) groups excluding carboxylic acids is 1. The minimum Gasteiger partial charge on any atom is -0.272 e. The molecule has 1 aromatic rings. The normalized spacial score (nSPS) is 21.3. The quantitative estimate of drug-likeness (QED) is 0.663. The summed E-state index contributed by atoms with van der Waals surface area (Å²) in [5.74, 6) is -0.0380. The predicted molar refractivity (Wildman–Crippen MR) is 56.2 cm³/mol. The van der Waals surface area contributed by atoms with Crippen LogP contribution in [0.1, 0.15) is 13.8 Å². The number of nitrogens with zero attached hydrogens (tertiary/aromatic N) is 2. The van der Waals surface area contributed by atoms with Crippen LogP contribution in [0.2, 0.25) is 0 Å². The van der Waals surface area contributed by atoms with E-state index in [1.165, 1.54) is 5.01 Å². The largest absolute Gasteiger partial charge is 0.272 e. The molecule has 72 valence electrons. The van der Waals surface area contributed by atoms with Crippen LogP contribution in [0.15, 0.2) is 35.4 Å². The van der Waals surface area contributed by atoms with Crippen molar-refractivity contribution in [3.63, 3.8) is 0 Å². The molecule has 3 heteroatoms. The molecule has 1 heterocycles. The minimum atomic E-state index is -0.0878. The Morgan fingerprint density at radius 1 is 1.29 bits per heavy atom. The van der Waals surface area contributed by atoms with E-state index in [2.05, 4.69) is 5.10 Å². The van der Waals surface area contributed by atoms with Crippen LogP contribution in [-0.4, -0.2) is 11.6 Å². The summed E-state index contributed by atoms with van der Waals surface area (Å²) >= 11 is 0. The van der Waals surface area contributed by atoms with E-state index in [1.54, 1.807) is 0 Å². The average Bonchev–Trinajstić information content (AvgIpc) is 2.47. The fraction of sp³-hybridized carbons (Fsp3) is 0.273. The molecule has 1 aliphatic rings. The van der Waals surface area contributed by atoms with Gasteiger partial charge in [-0.15, -0.1) is 0 Å². The Hall–Kier alpha value is -1.64. The summed E-state index contributed by atoms with van der Waals surface area (Å²) in [5, 5.41) is 5.69. The molecular weight excluding hydrogens is 176 g/mol. The Kier molecular flexibility index (Phi) is 2.08. The van der Waals surface area contributed by atoms with Gasteiger partial charge in [-0.1, -0.05) is 18.2 Å². The highest BCUT2D eigenvalue weighted by Crippen LogP contribution is 2.22. The van der Waals surface area contributed by atoms with E-state index in [9.17, 15) is 4.79 Å². The SMILES string of the molecule is CC1=NN(c2ccccc2)C(=O)C1C. The molecule has 3 nitrogen and oxygen atoms in total. The molecule has 0 saturated heterocycles. The summed E-state index contributed by atoms with van der Waals surface area (Å²) in [6.45, 7) is 3.76.